The molecule has 1 fully saturated rings. The normalized spacial score (nSPS) is 16.6. The quantitative estimate of drug-likeness (QED) is 0.665. The molecule has 0 spiro atoms. The first kappa shape index (κ1) is 11.4. The molecular weight excluding hydrogens is 196 g/mol. The van der Waals surface area contributed by atoms with Gasteiger partial charge in [-0.2, -0.15) is 17.0 Å². The van der Waals surface area contributed by atoms with Crippen molar-refractivity contribution in [2.45, 2.75) is 31.7 Å². The molecule has 0 radical (unpaired) electrons. The lowest BCUT2D eigenvalue weighted by atomic mass is 10.2. The monoisotopic (exact) mass is 212 g/mol. The standard InChI is InChI=1S/C10H16N2OS/c1-14-8-10(13)12(7-6-11)9-4-2-3-5-9/h9H,2-5,7-8H2,1H3. The number of hydrogen-bond donors (Lipinski definition) is 0. The highest BCUT2D eigenvalue weighted by Gasteiger charge is 2.25. The summed E-state index contributed by atoms with van der Waals surface area (Å²) in [5, 5.41) is 8.66. The first-order valence-electron chi connectivity index (χ1n) is 4.95. The summed E-state index contributed by atoms with van der Waals surface area (Å²) in [6.45, 7) is 0.254. The van der Waals surface area contributed by atoms with E-state index in [2.05, 4.69) is 6.07 Å². The lowest BCUT2D eigenvalue weighted by Crippen LogP contribution is -2.40. The summed E-state index contributed by atoms with van der Waals surface area (Å²) < 4.78 is 0. The van der Waals surface area contributed by atoms with E-state index >= 15 is 0 Å². The maximum absolute atomic E-state index is 11.7. The highest BCUT2D eigenvalue weighted by Crippen LogP contribution is 2.23. The van der Waals surface area contributed by atoms with E-state index in [1.54, 1.807) is 4.90 Å². The third-order valence-electron chi connectivity index (χ3n) is 2.59. The first-order valence-corrected chi connectivity index (χ1v) is 6.34. The number of carbonyl (C=O) groups excluding carboxylic acids is 1. The fourth-order valence-corrected chi connectivity index (χ4v) is 2.33. The van der Waals surface area contributed by atoms with Crippen molar-refractivity contribution in [1.29, 1.82) is 5.26 Å². The van der Waals surface area contributed by atoms with Crippen LogP contribution < -0.4 is 0 Å². The molecule has 1 saturated carbocycles. The predicted molar refractivity (Wildman–Crippen MR) is 58.0 cm³/mol. The minimum absolute atomic E-state index is 0.117. The predicted octanol–water partition coefficient (Wildman–Crippen LogP) is 1.64. The molecule has 3 nitrogen and oxygen atoms in total. The Morgan fingerprint density at radius 3 is 2.71 bits per heavy atom. The molecule has 0 bridgehead atoms. The Bertz CT molecular complexity index is 231. The van der Waals surface area contributed by atoms with E-state index in [0.717, 1.165) is 12.8 Å². The van der Waals surface area contributed by atoms with Gasteiger partial charge in [0, 0.05) is 6.04 Å². The van der Waals surface area contributed by atoms with Crippen molar-refractivity contribution < 1.29 is 4.79 Å². The van der Waals surface area contributed by atoms with E-state index in [1.165, 1.54) is 24.6 Å². The number of carbonyl (C=O) groups is 1. The summed E-state index contributed by atoms with van der Waals surface area (Å²) in [5.74, 6) is 0.615. The number of nitriles is 1. The van der Waals surface area contributed by atoms with Gasteiger partial charge in [-0.25, -0.2) is 0 Å². The van der Waals surface area contributed by atoms with Crippen molar-refractivity contribution in [3.63, 3.8) is 0 Å². The molecule has 0 aromatic carbocycles. The maximum Gasteiger partial charge on any atom is 0.233 e. The van der Waals surface area contributed by atoms with Crippen LogP contribution in [0.15, 0.2) is 0 Å². The zero-order valence-corrected chi connectivity index (χ0v) is 9.35. The molecule has 0 aromatic rings. The first-order chi connectivity index (χ1) is 6.79. The molecule has 4 heteroatoms. The summed E-state index contributed by atoms with van der Waals surface area (Å²) in [4.78, 5) is 13.4. The Morgan fingerprint density at radius 2 is 2.21 bits per heavy atom. The van der Waals surface area contributed by atoms with Gasteiger partial charge in [0.05, 0.1) is 11.8 Å². The fraction of sp³-hybridized carbons (Fsp3) is 0.800. The molecule has 0 atom stereocenters. The van der Waals surface area contributed by atoms with Gasteiger partial charge in [-0.15, -0.1) is 0 Å². The van der Waals surface area contributed by atoms with Crippen molar-refractivity contribution >= 4 is 17.7 Å². The zero-order valence-electron chi connectivity index (χ0n) is 8.53. The Labute approximate surface area is 89.5 Å². The smallest absolute Gasteiger partial charge is 0.233 e. The number of rotatable bonds is 4. The Morgan fingerprint density at radius 1 is 1.57 bits per heavy atom. The van der Waals surface area contributed by atoms with Gasteiger partial charge in [-0.05, 0) is 19.1 Å². The minimum atomic E-state index is 0.117. The summed E-state index contributed by atoms with van der Waals surface area (Å²) in [5.41, 5.74) is 0. The van der Waals surface area contributed by atoms with E-state index in [9.17, 15) is 4.79 Å². The van der Waals surface area contributed by atoms with Crippen LogP contribution in [-0.2, 0) is 4.79 Å². The summed E-state index contributed by atoms with van der Waals surface area (Å²) in [6.07, 6.45) is 6.44. The molecule has 0 heterocycles. The average molecular weight is 212 g/mol. The summed E-state index contributed by atoms with van der Waals surface area (Å²) in [6, 6.07) is 2.41. The van der Waals surface area contributed by atoms with E-state index in [4.69, 9.17) is 5.26 Å². The summed E-state index contributed by atoms with van der Waals surface area (Å²) >= 11 is 1.52. The number of nitrogens with zero attached hydrogens (tertiary/aromatic N) is 2. The van der Waals surface area contributed by atoms with Gasteiger partial charge in [0.15, 0.2) is 0 Å². The molecule has 1 aliphatic carbocycles. The molecule has 0 aliphatic heterocycles. The van der Waals surface area contributed by atoms with Crippen LogP contribution in [0.25, 0.3) is 0 Å². The molecule has 1 amide bonds. The van der Waals surface area contributed by atoms with E-state index < -0.39 is 0 Å². The SMILES string of the molecule is CSCC(=O)N(CC#N)C1CCCC1. The van der Waals surface area contributed by atoms with Gasteiger partial charge in [0.25, 0.3) is 0 Å². The highest BCUT2D eigenvalue weighted by atomic mass is 32.2. The van der Waals surface area contributed by atoms with Crippen molar-refractivity contribution in [2.75, 3.05) is 18.6 Å². The lowest BCUT2D eigenvalue weighted by Gasteiger charge is -2.26. The van der Waals surface area contributed by atoms with Crippen LogP contribution in [0, 0.1) is 11.3 Å². The minimum Gasteiger partial charge on any atom is -0.326 e. The fourth-order valence-electron chi connectivity index (χ4n) is 1.92. The summed E-state index contributed by atoms with van der Waals surface area (Å²) in [7, 11) is 0. The van der Waals surface area contributed by atoms with Crippen LogP contribution in [0.4, 0.5) is 0 Å². The maximum atomic E-state index is 11.7. The average Bonchev–Trinajstić information content (AvgIpc) is 2.67. The largest absolute Gasteiger partial charge is 0.326 e. The highest BCUT2D eigenvalue weighted by molar-refractivity contribution is 7.99. The lowest BCUT2D eigenvalue weighted by molar-refractivity contribution is -0.129. The molecule has 1 rings (SSSR count). The number of hydrogen-bond acceptors (Lipinski definition) is 3. The molecule has 14 heavy (non-hydrogen) atoms. The van der Waals surface area contributed by atoms with Gasteiger partial charge in [0.2, 0.25) is 5.91 Å². The van der Waals surface area contributed by atoms with Crippen molar-refractivity contribution in [1.82, 2.24) is 4.90 Å². The van der Waals surface area contributed by atoms with Crippen LogP contribution in [-0.4, -0.2) is 35.4 Å². The van der Waals surface area contributed by atoms with E-state index in [0.29, 0.717) is 11.8 Å². The van der Waals surface area contributed by atoms with Crippen LogP contribution >= 0.6 is 11.8 Å². The molecular formula is C10H16N2OS. The second kappa shape index (κ2) is 5.92. The third-order valence-corrected chi connectivity index (χ3v) is 3.13. The van der Waals surface area contributed by atoms with Crippen molar-refractivity contribution in [2.24, 2.45) is 0 Å². The Hall–Kier alpha value is -0.690. The molecule has 0 N–H and O–H groups in total. The molecule has 1 aliphatic rings. The third kappa shape index (κ3) is 2.91. The number of thioether (sulfide) groups is 1. The Kier molecular flexibility index (Phi) is 4.81. The van der Waals surface area contributed by atoms with Crippen LogP contribution in [0.1, 0.15) is 25.7 Å². The van der Waals surface area contributed by atoms with Crippen molar-refractivity contribution in [3.8, 4) is 6.07 Å². The molecule has 0 unspecified atom stereocenters. The van der Waals surface area contributed by atoms with Crippen LogP contribution in [0.5, 0.6) is 0 Å². The molecule has 0 saturated heterocycles. The second-order valence-electron chi connectivity index (χ2n) is 3.55. The van der Waals surface area contributed by atoms with Gasteiger partial charge in [-0.3, -0.25) is 4.79 Å². The van der Waals surface area contributed by atoms with E-state index in [-0.39, 0.29) is 12.5 Å². The topological polar surface area (TPSA) is 44.1 Å². The van der Waals surface area contributed by atoms with Gasteiger partial charge < -0.3 is 4.90 Å². The van der Waals surface area contributed by atoms with Gasteiger partial charge in [0.1, 0.15) is 6.54 Å². The van der Waals surface area contributed by atoms with Crippen LogP contribution in [0.3, 0.4) is 0 Å². The number of amides is 1. The van der Waals surface area contributed by atoms with Gasteiger partial charge in [-0.1, -0.05) is 12.8 Å². The Balaban J connectivity index is 2.53. The molecule has 0 aromatic heterocycles. The van der Waals surface area contributed by atoms with E-state index in [1.807, 2.05) is 6.26 Å². The van der Waals surface area contributed by atoms with Crippen LogP contribution in [0.2, 0.25) is 0 Å². The zero-order chi connectivity index (χ0) is 10.4. The molecule has 78 valence electrons. The second-order valence-corrected chi connectivity index (χ2v) is 4.42. The van der Waals surface area contributed by atoms with Gasteiger partial charge >= 0.3 is 0 Å². The van der Waals surface area contributed by atoms with Crippen molar-refractivity contribution in [3.05, 3.63) is 0 Å².